The molecule has 1 saturated carbocycles. The molecule has 3 aromatic rings. The molecule has 0 atom stereocenters. The van der Waals surface area contributed by atoms with Gasteiger partial charge in [-0.05, 0) is 54.5 Å². The number of rotatable bonds is 3. The Morgan fingerprint density at radius 1 is 1.08 bits per heavy atom. The van der Waals surface area contributed by atoms with Crippen LogP contribution in [0.25, 0.3) is 22.3 Å². The molecule has 130 valence electrons. The standard InChI is InChI=1S/C20H21Cl2N3/c1-13-5-7-14(8-6-13)12-25-10-9-17-19(25)18(24-20(22)23-17)15-3-2-4-16(21)11-15/h2-4,9-11,13-14H,5-8,12H2,1H3/t13-,14-. The number of aromatic nitrogens is 3. The summed E-state index contributed by atoms with van der Waals surface area (Å²) in [6, 6.07) is 9.79. The molecule has 1 aromatic carbocycles. The van der Waals surface area contributed by atoms with E-state index >= 15 is 0 Å². The van der Waals surface area contributed by atoms with E-state index < -0.39 is 0 Å². The lowest BCUT2D eigenvalue weighted by Gasteiger charge is -2.26. The van der Waals surface area contributed by atoms with Crippen molar-refractivity contribution in [3.8, 4) is 11.3 Å². The van der Waals surface area contributed by atoms with Gasteiger partial charge in [-0.15, -0.1) is 0 Å². The minimum atomic E-state index is 0.270. The van der Waals surface area contributed by atoms with Gasteiger partial charge < -0.3 is 4.57 Å². The summed E-state index contributed by atoms with van der Waals surface area (Å²) in [6.45, 7) is 3.36. The summed E-state index contributed by atoms with van der Waals surface area (Å²) in [5.74, 6) is 1.58. The Balaban J connectivity index is 1.76. The van der Waals surface area contributed by atoms with E-state index in [0.29, 0.717) is 5.02 Å². The van der Waals surface area contributed by atoms with Crippen molar-refractivity contribution in [1.82, 2.24) is 14.5 Å². The Morgan fingerprint density at radius 2 is 1.88 bits per heavy atom. The molecule has 5 heteroatoms. The van der Waals surface area contributed by atoms with Crippen molar-refractivity contribution in [2.75, 3.05) is 0 Å². The van der Waals surface area contributed by atoms with Crippen molar-refractivity contribution in [1.29, 1.82) is 0 Å². The number of halogens is 2. The molecule has 1 fully saturated rings. The zero-order chi connectivity index (χ0) is 17.4. The second kappa shape index (κ2) is 6.97. The molecule has 0 N–H and O–H groups in total. The number of benzene rings is 1. The maximum absolute atomic E-state index is 6.19. The molecule has 25 heavy (non-hydrogen) atoms. The molecule has 1 aliphatic carbocycles. The molecular formula is C20H21Cl2N3. The zero-order valence-electron chi connectivity index (χ0n) is 14.3. The second-order valence-electron chi connectivity index (χ2n) is 7.18. The van der Waals surface area contributed by atoms with Crippen molar-refractivity contribution < 1.29 is 0 Å². The monoisotopic (exact) mass is 373 g/mol. The molecule has 4 rings (SSSR count). The first-order chi connectivity index (χ1) is 12.1. The van der Waals surface area contributed by atoms with Gasteiger partial charge in [0.15, 0.2) is 0 Å². The Morgan fingerprint density at radius 3 is 2.64 bits per heavy atom. The van der Waals surface area contributed by atoms with Gasteiger partial charge in [-0.2, -0.15) is 0 Å². The van der Waals surface area contributed by atoms with E-state index in [9.17, 15) is 0 Å². The summed E-state index contributed by atoms with van der Waals surface area (Å²) in [6.07, 6.45) is 7.35. The van der Waals surface area contributed by atoms with Crippen LogP contribution in [0.3, 0.4) is 0 Å². The van der Waals surface area contributed by atoms with Gasteiger partial charge in [-0.3, -0.25) is 0 Å². The lowest BCUT2D eigenvalue weighted by atomic mass is 9.83. The van der Waals surface area contributed by atoms with E-state index in [1.165, 1.54) is 25.7 Å². The topological polar surface area (TPSA) is 30.7 Å². The molecule has 0 saturated heterocycles. The summed E-state index contributed by atoms with van der Waals surface area (Å²) in [5, 5.41) is 0.964. The first kappa shape index (κ1) is 16.9. The van der Waals surface area contributed by atoms with E-state index in [1.54, 1.807) is 0 Å². The Bertz CT molecular complexity index is 895. The van der Waals surface area contributed by atoms with Crippen LogP contribution in [-0.2, 0) is 6.54 Å². The molecule has 0 bridgehead atoms. The summed E-state index contributed by atoms with van der Waals surface area (Å²) in [4.78, 5) is 8.94. The molecule has 0 spiro atoms. The minimum absolute atomic E-state index is 0.270. The largest absolute Gasteiger partial charge is 0.344 e. The Kier molecular flexibility index (Phi) is 4.70. The molecular weight excluding hydrogens is 353 g/mol. The number of fused-ring (bicyclic) bond motifs is 1. The van der Waals surface area contributed by atoms with Gasteiger partial charge >= 0.3 is 0 Å². The van der Waals surface area contributed by atoms with Crippen LogP contribution >= 0.6 is 23.2 Å². The van der Waals surface area contributed by atoms with Crippen LogP contribution < -0.4 is 0 Å². The minimum Gasteiger partial charge on any atom is -0.344 e. The van der Waals surface area contributed by atoms with E-state index in [0.717, 1.165) is 40.7 Å². The third kappa shape index (κ3) is 3.54. The first-order valence-corrected chi connectivity index (χ1v) is 9.64. The van der Waals surface area contributed by atoms with E-state index in [-0.39, 0.29) is 5.28 Å². The highest BCUT2D eigenvalue weighted by Crippen LogP contribution is 2.33. The highest BCUT2D eigenvalue weighted by molar-refractivity contribution is 6.31. The van der Waals surface area contributed by atoms with Crippen molar-refractivity contribution in [3.63, 3.8) is 0 Å². The predicted octanol–water partition coefficient (Wildman–Crippen LogP) is 6.23. The first-order valence-electron chi connectivity index (χ1n) is 8.88. The van der Waals surface area contributed by atoms with Crippen LogP contribution in [0, 0.1) is 11.8 Å². The van der Waals surface area contributed by atoms with Crippen LogP contribution in [0.4, 0.5) is 0 Å². The summed E-state index contributed by atoms with van der Waals surface area (Å²) in [5.41, 5.74) is 3.76. The normalized spacial score (nSPS) is 20.9. The number of nitrogens with zero attached hydrogens (tertiary/aromatic N) is 3. The quantitative estimate of drug-likeness (QED) is 0.509. The Hall–Kier alpha value is -1.58. The fraction of sp³-hybridized carbons (Fsp3) is 0.400. The molecule has 1 aliphatic rings. The molecule has 2 aromatic heterocycles. The molecule has 2 heterocycles. The van der Waals surface area contributed by atoms with Crippen molar-refractivity contribution >= 4 is 34.2 Å². The fourth-order valence-corrected chi connectivity index (χ4v) is 4.22. The third-order valence-electron chi connectivity index (χ3n) is 5.27. The van der Waals surface area contributed by atoms with Gasteiger partial charge in [-0.25, -0.2) is 9.97 Å². The lowest BCUT2D eigenvalue weighted by Crippen LogP contribution is -2.17. The Labute approximate surface area is 158 Å². The van der Waals surface area contributed by atoms with Crippen LogP contribution in [0.15, 0.2) is 36.5 Å². The van der Waals surface area contributed by atoms with E-state index in [4.69, 9.17) is 23.2 Å². The van der Waals surface area contributed by atoms with Gasteiger partial charge in [0, 0.05) is 23.3 Å². The average Bonchev–Trinajstić information content (AvgIpc) is 2.99. The molecule has 0 unspecified atom stereocenters. The van der Waals surface area contributed by atoms with Gasteiger partial charge in [-0.1, -0.05) is 43.5 Å². The molecule has 0 amide bonds. The third-order valence-corrected chi connectivity index (χ3v) is 5.68. The van der Waals surface area contributed by atoms with Gasteiger partial charge in [0.2, 0.25) is 5.28 Å². The molecule has 3 nitrogen and oxygen atoms in total. The van der Waals surface area contributed by atoms with Gasteiger partial charge in [0.05, 0.1) is 16.7 Å². The van der Waals surface area contributed by atoms with Crippen molar-refractivity contribution in [2.24, 2.45) is 11.8 Å². The van der Waals surface area contributed by atoms with E-state index in [2.05, 4.69) is 27.7 Å². The summed E-state index contributed by atoms with van der Waals surface area (Å²) < 4.78 is 2.29. The number of hydrogen-bond donors (Lipinski definition) is 0. The maximum Gasteiger partial charge on any atom is 0.223 e. The smallest absolute Gasteiger partial charge is 0.223 e. The SMILES string of the molecule is C[C@H]1CC[C@H](Cn2ccc3nc(Cl)nc(-c4cccc(Cl)c4)c32)CC1. The summed E-state index contributed by atoms with van der Waals surface area (Å²) >= 11 is 12.4. The van der Waals surface area contributed by atoms with Gasteiger partial charge in [0.1, 0.15) is 0 Å². The van der Waals surface area contributed by atoms with Crippen molar-refractivity contribution in [3.05, 3.63) is 46.8 Å². The summed E-state index contributed by atoms with van der Waals surface area (Å²) in [7, 11) is 0. The van der Waals surface area contributed by atoms with Crippen LogP contribution in [0.2, 0.25) is 10.3 Å². The van der Waals surface area contributed by atoms with Crippen LogP contribution in [0.5, 0.6) is 0 Å². The van der Waals surface area contributed by atoms with E-state index in [1.807, 2.05) is 30.3 Å². The highest BCUT2D eigenvalue weighted by Gasteiger charge is 2.21. The average molecular weight is 374 g/mol. The van der Waals surface area contributed by atoms with Crippen LogP contribution in [-0.4, -0.2) is 14.5 Å². The molecule has 0 radical (unpaired) electrons. The molecule has 0 aliphatic heterocycles. The predicted molar refractivity (Wildman–Crippen MR) is 104 cm³/mol. The maximum atomic E-state index is 6.19. The van der Waals surface area contributed by atoms with Gasteiger partial charge in [0.25, 0.3) is 0 Å². The highest BCUT2D eigenvalue weighted by atomic mass is 35.5. The van der Waals surface area contributed by atoms with Crippen molar-refractivity contribution in [2.45, 2.75) is 39.2 Å². The fourth-order valence-electron chi connectivity index (χ4n) is 3.86. The zero-order valence-corrected chi connectivity index (χ0v) is 15.8. The lowest BCUT2D eigenvalue weighted by molar-refractivity contribution is 0.267. The van der Waals surface area contributed by atoms with Crippen LogP contribution in [0.1, 0.15) is 32.6 Å². The number of hydrogen-bond acceptors (Lipinski definition) is 2. The second-order valence-corrected chi connectivity index (χ2v) is 7.95.